The van der Waals surface area contributed by atoms with E-state index < -0.39 is 93.1 Å². The minimum Gasteiger partial charge on any atom is -0.487 e. The van der Waals surface area contributed by atoms with Gasteiger partial charge in [0.25, 0.3) is 0 Å². The molecule has 0 saturated heterocycles. The smallest absolute Gasteiger partial charge is 0.242 e. The van der Waals surface area contributed by atoms with E-state index in [1.54, 1.807) is 76.4 Å². The summed E-state index contributed by atoms with van der Waals surface area (Å²) < 4.78 is 30.5. The summed E-state index contributed by atoms with van der Waals surface area (Å²) in [7, 11) is 5.78. The number of methoxy groups -OCH3 is 4. The summed E-state index contributed by atoms with van der Waals surface area (Å²) in [5.74, 6) is -4.24. The second-order valence-electron chi connectivity index (χ2n) is 21.4. The van der Waals surface area contributed by atoms with Gasteiger partial charge in [-0.05, 0) is 35.2 Å². The predicted octanol–water partition coefficient (Wildman–Crippen LogP) is 0.948. The molecule has 0 radical (unpaired) electrons. The van der Waals surface area contributed by atoms with Crippen molar-refractivity contribution in [3.63, 3.8) is 0 Å². The summed E-state index contributed by atoms with van der Waals surface area (Å²) >= 11 is 0. The minimum atomic E-state index is -0.754. The number of aromatic nitrogens is 6. The number of ether oxygens (including phenoxy) is 5. The van der Waals surface area contributed by atoms with E-state index in [9.17, 15) is 33.6 Å². The number of hydrogen-bond donors (Lipinski definition) is 2. The highest BCUT2D eigenvalue weighted by atomic mass is 16.5. The van der Waals surface area contributed by atoms with Crippen molar-refractivity contribution in [1.82, 2.24) is 69.6 Å². The lowest BCUT2D eigenvalue weighted by atomic mass is 10.2. The average Bonchev–Trinajstić information content (AvgIpc) is 1.39. The van der Waals surface area contributed by atoms with Crippen LogP contribution in [0.3, 0.4) is 0 Å². The third-order valence-corrected chi connectivity index (χ3v) is 14.4. The number of nitrogens with zero attached hydrogens (tertiary/aromatic N) is 13. The highest BCUT2D eigenvalue weighted by Gasteiger charge is 2.31. The van der Waals surface area contributed by atoms with Crippen molar-refractivity contribution < 1.29 is 62.0 Å². The van der Waals surface area contributed by atoms with E-state index in [-0.39, 0.29) is 105 Å². The number of aryl methyl sites for hydroxylation is 1. The van der Waals surface area contributed by atoms with Crippen molar-refractivity contribution in [2.45, 2.75) is 45.8 Å². The van der Waals surface area contributed by atoms with Crippen molar-refractivity contribution in [1.29, 1.82) is 0 Å². The van der Waals surface area contributed by atoms with Crippen LogP contribution in [0.2, 0.25) is 0 Å². The Morgan fingerprint density at radius 2 is 0.804 bits per heavy atom. The van der Waals surface area contributed by atoms with Crippen molar-refractivity contribution in [2.24, 2.45) is 5.73 Å². The van der Waals surface area contributed by atoms with E-state index in [1.165, 1.54) is 62.7 Å². The summed E-state index contributed by atoms with van der Waals surface area (Å²) in [5, 5.41) is 20.0. The monoisotopic (exact) mass is 1270 g/mol. The number of nitrogens with one attached hydrogen (secondary N) is 1. The third-order valence-electron chi connectivity index (χ3n) is 14.4. The Morgan fingerprint density at radius 3 is 1.26 bits per heavy atom. The number of nitrogens with two attached hydrogens (primary N) is 1. The van der Waals surface area contributed by atoms with Gasteiger partial charge >= 0.3 is 0 Å². The standard InChI is InChI=1S/C64H85N15O13/c1-88-32-28-72(58(81)37-66-36-54-41-79(70-67-54)40-53-22-13-7-14-23-53)45-60(83)75(31-35-91-4)48-64(87)77(39-52-20-11-6-12-21-52)49-62(85)71(26-17-27-78-42-55(68-69-78)50-92-56-24-15-8-16-25-56)44-59(82)73(29-33-89-2)46-61(84)74(30-34-90-3)47-63(86)76(43-57(65)80)38-51-18-9-5-10-19-51/h5-16,18-25,41-42,66H,17,26-40,43-50H2,1-4H3,(H2,65,80). The van der Waals surface area contributed by atoms with Crippen LogP contribution in [-0.2, 0) is 96.6 Å². The zero-order valence-corrected chi connectivity index (χ0v) is 52.9. The zero-order chi connectivity index (χ0) is 65.9. The van der Waals surface area contributed by atoms with Gasteiger partial charge in [-0.15, -0.1) is 10.2 Å². The molecule has 92 heavy (non-hydrogen) atoms. The summed E-state index contributed by atoms with van der Waals surface area (Å²) in [6.07, 6.45) is 3.73. The molecule has 0 aliphatic rings. The van der Waals surface area contributed by atoms with E-state index in [0.29, 0.717) is 29.2 Å². The van der Waals surface area contributed by atoms with Crippen LogP contribution >= 0.6 is 0 Å². The first-order valence-electron chi connectivity index (χ1n) is 30.1. The number of amides is 8. The van der Waals surface area contributed by atoms with Crippen LogP contribution in [0.4, 0.5) is 0 Å². The Balaban J connectivity index is 1.20. The molecule has 6 rings (SSSR count). The van der Waals surface area contributed by atoms with Crippen LogP contribution in [0.1, 0.15) is 34.5 Å². The van der Waals surface area contributed by atoms with Gasteiger partial charge in [0.15, 0.2) is 0 Å². The quantitative estimate of drug-likeness (QED) is 0.0538. The molecule has 4 aromatic carbocycles. The molecule has 2 aromatic heterocycles. The summed E-state index contributed by atoms with van der Waals surface area (Å²) in [4.78, 5) is 122. The van der Waals surface area contributed by atoms with Gasteiger partial charge in [0, 0.05) is 87.3 Å². The molecule has 0 fully saturated rings. The maximum atomic E-state index is 15.0. The number of carbonyl (C=O) groups is 8. The fourth-order valence-corrected chi connectivity index (χ4v) is 9.39. The first-order valence-corrected chi connectivity index (χ1v) is 30.1. The fraction of sp³-hybridized carbons (Fsp3) is 0.438. The van der Waals surface area contributed by atoms with Gasteiger partial charge in [-0.1, -0.05) is 120 Å². The molecular formula is C64H85N15O13. The van der Waals surface area contributed by atoms with E-state index >= 15 is 4.79 Å². The Hall–Kier alpha value is -9.48. The van der Waals surface area contributed by atoms with E-state index in [1.807, 2.05) is 66.7 Å². The first-order chi connectivity index (χ1) is 44.6. The van der Waals surface area contributed by atoms with E-state index in [2.05, 4.69) is 25.9 Å². The molecule has 0 saturated carbocycles. The molecule has 0 spiro atoms. The van der Waals surface area contributed by atoms with Crippen molar-refractivity contribution in [3.8, 4) is 5.75 Å². The maximum Gasteiger partial charge on any atom is 0.242 e. The van der Waals surface area contributed by atoms with Crippen molar-refractivity contribution in [2.75, 3.05) is 140 Å². The van der Waals surface area contributed by atoms with Gasteiger partial charge in [-0.2, -0.15) is 0 Å². The van der Waals surface area contributed by atoms with Gasteiger partial charge in [0.05, 0.1) is 96.9 Å². The number of benzene rings is 4. The minimum absolute atomic E-state index is 0.0103. The normalized spacial score (nSPS) is 11.0. The second kappa shape index (κ2) is 39.6. The molecule has 3 N–H and O–H groups in total. The van der Waals surface area contributed by atoms with Crippen LogP contribution < -0.4 is 15.8 Å². The Labute approximate surface area is 536 Å². The van der Waals surface area contributed by atoms with Gasteiger partial charge in [-0.3, -0.25) is 43.0 Å². The summed E-state index contributed by atoms with van der Waals surface area (Å²) in [5.41, 5.74) is 9.14. The van der Waals surface area contributed by atoms with Gasteiger partial charge in [0.2, 0.25) is 47.3 Å². The maximum absolute atomic E-state index is 15.0. The van der Waals surface area contributed by atoms with Crippen molar-refractivity contribution in [3.05, 3.63) is 162 Å². The van der Waals surface area contributed by atoms with E-state index in [4.69, 9.17) is 29.4 Å². The largest absolute Gasteiger partial charge is 0.487 e. The van der Waals surface area contributed by atoms with Gasteiger partial charge in [-0.25, -0.2) is 4.68 Å². The Kier molecular flexibility index (Phi) is 30.8. The molecule has 2 heterocycles. The first kappa shape index (κ1) is 71.6. The molecule has 0 aliphatic carbocycles. The predicted molar refractivity (Wildman–Crippen MR) is 336 cm³/mol. The molecule has 28 heteroatoms. The highest BCUT2D eigenvalue weighted by molar-refractivity contribution is 5.93. The second-order valence-corrected chi connectivity index (χ2v) is 21.4. The number of para-hydroxylation sites is 1. The highest BCUT2D eigenvalue weighted by Crippen LogP contribution is 2.14. The molecule has 28 nitrogen and oxygen atoms in total. The van der Waals surface area contributed by atoms with E-state index in [0.717, 1.165) is 11.1 Å². The topological polar surface area (TPSA) is 305 Å². The number of rotatable bonds is 43. The molecular weight excluding hydrogens is 1190 g/mol. The van der Waals surface area contributed by atoms with Crippen LogP contribution in [0, 0.1) is 0 Å². The molecule has 8 amide bonds. The van der Waals surface area contributed by atoms with Crippen molar-refractivity contribution >= 4 is 47.3 Å². The number of carbonyl (C=O) groups excluding carboxylic acids is 8. The average molecular weight is 1270 g/mol. The SMILES string of the molecule is COCCN(CC(=O)N(CCOC)CC(=O)N(CC(=O)N(CCCn1cc(COc2ccccc2)nn1)CC(=O)N(CCOC)CC(=O)N(CCOC)CC(=O)N(CC(N)=O)Cc1ccccc1)Cc1ccccc1)C(=O)CNCc1cn(Cc2ccccc2)nn1. The lowest BCUT2D eigenvalue weighted by Crippen LogP contribution is -2.53. The molecule has 0 unspecified atom stereocenters. The summed E-state index contributed by atoms with van der Waals surface area (Å²) in [6, 6.07) is 36.9. The van der Waals surface area contributed by atoms with Crippen LogP contribution in [-0.4, -0.2) is 251 Å². The lowest BCUT2D eigenvalue weighted by Gasteiger charge is -2.32. The van der Waals surface area contributed by atoms with Gasteiger partial charge in [0.1, 0.15) is 24.6 Å². The molecule has 0 atom stereocenters. The van der Waals surface area contributed by atoms with Crippen LogP contribution in [0.25, 0.3) is 0 Å². The Morgan fingerprint density at radius 1 is 0.435 bits per heavy atom. The number of primary amides is 1. The molecule has 0 aliphatic heterocycles. The van der Waals surface area contributed by atoms with Gasteiger partial charge < -0.3 is 69.0 Å². The van der Waals surface area contributed by atoms with Crippen LogP contribution in [0.5, 0.6) is 5.75 Å². The molecule has 6 aromatic rings. The fourth-order valence-electron chi connectivity index (χ4n) is 9.39. The number of hydrogen-bond acceptors (Lipinski definition) is 18. The van der Waals surface area contributed by atoms with Crippen LogP contribution in [0.15, 0.2) is 134 Å². The zero-order valence-electron chi connectivity index (χ0n) is 52.9. The third kappa shape index (κ3) is 25.4. The summed E-state index contributed by atoms with van der Waals surface area (Å²) in [6.45, 7) is -2.61. The molecule has 0 bridgehead atoms. The Bertz CT molecular complexity index is 3220. The lowest BCUT2D eigenvalue weighted by molar-refractivity contribution is -0.149. The molecule has 494 valence electrons.